The number of hydrogen-bond acceptors (Lipinski definition) is 4. The molecule has 1 unspecified atom stereocenters. The van der Waals surface area contributed by atoms with Crippen LogP contribution in [-0.2, 0) is 11.3 Å². The Hall–Kier alpha value is -2.51. The summed E-state index contributed by atoms with van der Waals surface area (Å²) in [7, 11) is 0. The van der Waals surface area contributed by atoms with E-state index in [1.165, 1.54) is 5.56 Å². The van der Waals surface area contributed by atoms with Crippen LogP contribution in [0.4, 0.5) is 0 Å². The van der Waals surface area contributed by atoms with Crippen LogP contribution in [0.25, 0.3) is 21.3 Å². The number of fused-ring (bicyclic) bond motifs is 1. The lowest BCUT2D eigenvalue weighted by Gasteiger charge is -2.16. The number of likely N-dealkylation sites (N-methyl/N-ethyl adjacent to an activating group) is 2. The summed E-state index contributed by atoms with van der Waals surface area (Å²) >= 11 is 1.54. The second-order valence-corrected chi connectivity index (χ2v) is 8.21. The van der Waals surface area contributed by atoms with Crippen molar-refractivity contribution in [1.82, 2.24) is 15.3 Å². The zero-order valence-electron chi connectivity index (χ0n) is 16.8. The van der Waals surface area contributed by atoms with Crippen LogP contribution in [0.5, 0.6) is 0 Å². The van der Waals surface area contributed by atoms with Crippen LogP contribution in [0.15, 0.2) is 29.1 Å². The maximum Gasteiger partial charge on any atom is 0.275 e. The number of aromatic amines is 1. The predicted molar refractivity (Wildman–Crippen MR) is 114 cm³/mol. The molecule has 0 fully saturated rings. The number of rotatable bonds is 7. The van der Waals surface area contributed by atoms with E-state index in [1.54, 1.807) is 11.3 Å². The van der Waals surface area contributed by atoms with E-state index in [4.69, 9.17) is 4.98 Å². The molecule has 148 valence electrons. The summed E-state index contributed by atoms with van der Waals surface area (Å²) in [5.41, 5.74) is 3.06. The first-order valence-corrected chi connectivity index (χ1v) is 10.4. The van der Waals surface area contributed by atoms with E-state index >= 15 is 0 Å². The molecule has 0 aliphatic carbocycles. The van der Waals surface area contributed by atoms with Crippen molar-refractivity contribution in [2.24, 2.45) is 0 Å². The van der Waals surface area contributed by atoms with Gasteiger partial charge in [0.25, 0.3) is 11.5 Å². The fourth-order valence-electron chi connectivity index (χ4n) is 3.35. The zero-order valence-corrected chi connectivity index (χ0v) is 17.6. The van der Waals surface area contributed by atoms with Crippen LogP contribution in [0.2, 0.25) is 0 Å². The Bertz CT molecular complexity index is 1040. The van der Waals surface area contributed by atoms with Crippen molar-refractivity contribution >= 4 is 27.5 Å². The largest absolute Gasteiger partial charge is 0.351 e. The number of H-pyrrole nitrogens is 1. The summed E-state index contributed by atoms with van der Waals surface area (Å²) in [6.07, 6.45) is 0. The van der Waals surface area contributed by atoms with Crippen LogP contribution in [0.1, 0.15) is 30.1 Å². The lowest BCUT2D eigenvalue weighted by atomic mass is 10.0. The molecule has 3 aromatic rings. The van der Waals surface area contributed by atoms with Gasteiger partial charge in [-0.1, -0.05) is 29.8 Å². The molecule has 1 amide bonds. The van der Waals surface area contributed by atoms with Crippen molar-refractivity contribution in [2.75, 3.05) is 19.6 Å². The predicted octanol–water partition coefficient (Wildman–Crippen LogP) is 1.81. The molecular weight excluding hydrogens is 372 g/mol. The smallest absolute Gasteiger partial charge is 0.275 e. The average molecular weight is 400 g/mol. The van der Waals surface area contributed by atoms with E-state index < -0.39 is 0 Å². The summed E-state index contributed by atoms with van der Waals surface area (Å²) in [6.45, 7) is 10.3. The molecule has 0 bridgehead atoms. The molecule has 2 aromatic heterocycles. The second-order valence-electron chi connectivity index (χ2n) is 7.00. The zero-order chi connectivity index (χ0) is 20.3. The Kier molecular flexibility index (Phi) is 6.26. The van der Waals surface area contributed by atoms with Gasteiger partial charge >= 0.3 is 0 Å². The fourth-order valence-corrected chi connectivity index (χ4v) is 4.42. The highest BCUT2D eigenvalue weighted by molar-refractivity contribution is 7.19. The van der Waals surface area contributed by atoms with E-state index in [-0.39, 0.29) is 11.5 Å². The van der Waals surface area contributed by atoms with Crippen LogP contribution in [-0.4, -0.2) is 35.5 Å². The molecule has 1 aromatic carbocycles. The lowest BCUT2D eigenvalue weighted by Crippen LogP contribution is -3.11. The number of hydrogen-bond donors (Lipinski definition) is 3. The second kappa shape index (κ2) is 8.67. The van der Waals surface area contributed by atoms with Crippen molar-refractivity contribution in [3.63, 3.8) is 0 Å². The van der Waals surface area contributed by atoms with Crippen LogP contribution < -0.4 is 15.8 Å². The topological polar surface area (TPSA) is 79.3 Å². The Morgan fingerprint density at radius 1 is 1.21 bits per heavy atom. The number of carbonyl (C=O) groups is 1. The molecule has 7 heteroatoms. The summed E-state index contributed by atoms with van der Waals surface area (Å²) in [6, 6.07) is 8.20. The van der Waals surface area contributed by atoms with E-state index in [0.717, 1.165) is 32.3 Å². The maximum absolute atomic E-state index is 12.9. The molecule has 0 aliphatic rings. The van der Waals surface area contributed by atoms with Crippen LogP contribution in [0.3, 0.4) is 0 Å². The number of thiophene rings is 1. The molecule has 0 radical (unpaired) electrons. The van der Waals surface area contributed by atoms with Crippen molar-refractivity contribution in [1.29, 1.82) is 0 Å². The molecule has 3 N–H and O–H groups in total. The van der Waals surface area contributed by atoms with Gasteiger partial charge in [-0.05, 0) is 33.3 Å². The van der Waals surface area contributed by atoms with Gasteiger partial charge in [0.2, 0.25) is 0 Å². The normalized spacial score (nSPS) is 12.3. The first-order valence-electron chi connectivity index (χ1n) is 9.62. The molecule has 0 saturated carbocycles. The number of aryl methyl sites for hydroxylation is 2. The van der Waals surface area contributed by atoms with Crippen LogP contribution in [0, 0.1) is 13.8 Å². The quantitative estimate of drug-likeness (QED) is 0.567. The third kappa shape index (κ3) is 4.31. The van der Waals surface area contributed by atoms with E-state index in [9.17, 15) is 9.59 Å². The van der Waals surface area contributed by atoms with Gasteiger partial charge in [0, 0.05) is 17.0 Å². The van der Waals surface area contributed by atoms with Crippen molar-refractivity contribution in [3.05, 3.63) is 50.9 Å². The Balaban J connectivity index is 1.95. The number of nitrogens with one attached hydrogen (secondary N) is 3. The first-order chi connectivity index (χ1) is 13.4. The third-order valence-corrected chi connectivity index (χ3v) is 5.83. The summed E-state index contributed by atoms with van der Waals surface area (Å²) in [5.74, 6) is 0.631. The van der Waals surface area contributed by atoms with E-state index in [0.29, 0.717) is 30.8 Å². The molecule has 6 nitrogen and oxygen atoms in total. The highest BCUT2D eigenvalue weighted by Crippen LogP contribution is 2.35. The van der Waals surface area contributed by atoms with Crippen molar-refractivity contribution in [2.45, 2.75) is 34.2 Å². The molecule has 0 spiro atoms. The SMILES string of the molecule is CCNC(=O)C[NH+](CC)Cc1nc2sc(C)c(-c3ccc(C)cc3)c2c(=O)[nH]1. The van der Waals surface area contributed by atoms with Gasteiger partial charge in [0.15, 0.2) is 12.4 Å². The van der Waals surface area contributed by atoms with Gasteiger partial charge in [0.05, 0.1) is 11.9 Å². The highest BCUT2D eigenvalue weighted by atomic mass is 32.1. The number of quaternary nitrogens is 1. The standard InChI is InChI=1S/C21H26N4O2S/c1-5-22-17(26)12-25(6-2)11-16-23-20(27)19-18(14(4)28-21(19)24-16)15-9-7-13(3)8-10-15/h7-10H,5-6,11-12H2,1-4H3,(H,22,26)(H,23,24,27)/p+1. The summed E-state index contributed by atoms with van der Waals surface area (Å²) < 4.78 is 0. The number of nitrogens with zero attached hydrogens (tertiary/aromatic N) is 1. The summed E-state index contributed by atoms with van der Waals surface area (Å²) in [5, 5.41) is 3.47. The average Bonchev–Trinajstić information content (AvgIpc) is 2.98. The van der Waals surface area contributed by atoms with Gasteiger partial charge in [0.1, 0.15) is 11.4 Å². The Morgan fingerprint density at radius 2 is 1.93 bits per heavy atom. The summed E-state index contributed by atoms with van der Waals surface area (Å²) in [4.78, 5) is 35.3. The number of aromatic nitrogens is 2. The van der Waals surface area contributed by atoms with Gasteiger partial charge in [-0.15, -0.1) is 11.3 Å². The molecule has 28 heavy (non-hydrogen) atoms. The minimum Gasteiger partial charge on any atom is -0.351 e. The Labute approximate surface area is 168 Å². The number of carbonyl (C=O) groups excluding carboxylic acids is 1. The van der Waals surface area contributed by atoms with Crippen molar-refractivity contribution in [3.8, 4) is 11.1 Å². The van der Waals surface area contributed by atoms with Crippen molar-refractivity contribution < 1.29 is 9.69 Å². The highest BCUT2D eigenvalue weighted by Gasteiger charge is 2.19. The molecule has 0 aliphatic heterocycles. The van der Waals surface area contributed by atoms with Gasteiger partial charge in [-0.3, -0.25) is 9.59 Å². The van der Waals surface area contributed by atoms with Gasteiger partial charge in [-0.2, -0.15) is 0 Å². The molecule has 1 atom stereocenters. The molecule has 3 rings (SSSR count). The van der Waals surface area contributed by atoms with E-state index in [2.05, 4.69) is 22.4 Å². The minimum atomic E-state index is -0.117. The third-order valence-electron chi connectivity index (χ3n) is 4.83. The molecule has 2 heterocycles. The minimum absolute atomic E-state index is 0.0106. The Morgan fingerprint density at radius 3 is 2.57 bits per heavy atom. The molecular formula is C21H27N4O2S+. The first kappa shape index (κ1) is 20.2. The monoisotopic (exact) mass is 399 g/mol. The fraction of sp³-hybridized carbons (Fsp3) is 0.381. The maximum atomic E-state index is 12.9. The lowest BCUT2D eigenvalue weighted by molar-refractivity contribution is -0.904. The van der Waals surface area contributed by atoms with Gasteiger partial charge in [-0.25, -0.2) is 4.98 Å². The number of benzene rings is 1. The van der Waals surface area contributed by atoms with E-state index in [1.807, 2.05) is 39.8 Å². The van der Waals surface area contributed by atoms with Gasteiger partial charge < -0.3 is 15.2 Å². The molecule has 0 saturated heterocycles. The van der Waals surface area contributed by atoms with Crippen LogP contribution >= 0.6 is 11.3 Å². The number of amides is 1.